The molecule has 0 saturated heterocycles. The zero-order valence-electron chi connectivity index (χ0n) is 19.7. The van der Waals surface area contributed by atoms with E-state index in [1.165, 1.54) is 16.7 Å². The van der Waals surface area contributed by atoms with Gasteiger partial charge < -0.3 is 0 Å². The molecule has 5 aromatic rings. The Morgan fingerprint density at radius 1 is 0.500 bits per heavy atom. The molecule has 0 aliphatic rings. The van der Waals surface area contributed by atoms with E-state index in [2.05, 4.69) is 30.3 Å². The Labute approximate surface area is 214 Å². The van der Waals surface area contributed by atoms with Crippen molar-refractivity contribution in [2.45, 2.75) is 12.3 Å². The molecule has 0 aliphatic heterocycles. The monoisotopic (exact) mass is 509 g/mol. The molecule has 4 heteroatoms. The van der Waals surface area contributed by atoms with Gasteiger partial charge in [0, 0.05) is 24.0 Å². The Morgan fingerprint density at radius 2 is 0.861 bits per heavy atom. The summed E-state index contributed by atoms with van der Waals surface area (Å²) in [5, 5.41) is 4.53. The summed E-state index contributed by atoms with van der Waals surface area (Å²) < 4.78 is 31.2. The predicted octanol–water partition coefficient (Wildman–Crippen LogP) is 7.03. The lowest BCUT2D eigenvalue weighted by atomic mass is 10.1. The topological polar surface area (TPSA) is 0 Å². The molecule has 0 saturated carbocycles. The minimum Gasteiger partial charge on any atom is -0.206 e. The van der Waals surface area contributed by atoms with E-state index < -0.39 is 27.5 Å². The maximum absolute atomic E-state index is 16.1. The molecular formula is C32H25F2P2. The van der Waals surface area contributed by atoms with Crippen molar-refractivity contribution in [2.75, 3.05) is 0 Å². The van der Waals surface area contributed by atoms with Crippen molar-refractivity contribution in [3.05, 3.63) is 156 Å². The first-order valence-corrected chi connectivity index (χ1v) is 14.9. The Balaban J connectivity index is 1.53. The van der Waals surface area contributed by atoms with Crippen LogP contribution in [-0.2, 0) is 12.3 Å². The van der Waals surface area contributed by atoms with Crippen LogP contribution in [0.1, 0.15) is 11.1 Å². The molecule has 1 radical (unpaired) electrons. The van der Waals surface area contributed by atoms with E-state index in [-0.39, 0.29) is 5.56 Å². The summed E-state index contributed by atoms with van der Waals surface area (Å²) in [6, 6.07) is 44.7. The van der Waals surface area contributed by atoms with Gasteiger partial charge in [-0.3, -0.25) is 0 Å². The van der Waals surface area contributed by atoms with Gasteiger partial charge in [0.1, 0.15) is 11.6 Å². The van der Waals surface area contributed by atoms with Gasteiger partial charge in [-0.2, -0.15) is 0 Å². The number of hydrogen-bond acceptors (Lipinski definition) is 0. The van der Waals surface area contributed by atoms with E-state index in [1.807, 2.05) is 97.1 Å². The van der Waals surface area contributed by atoms with E-state index >= 15 is 8.78 Å². The zero-order valence-corrected chi connectivity index (χ0v) is 21.5. The fraction of sp³-hybridized carbons (Fsp3) is 0.0625. The summed E-state index contributed by atoms with van der Waals surface area (Å²) in [6.07, 6.45) is 0.785. The minimum absolute atomic E-state index is 0.127. The van der Waals surface area contributed by atoms with E-state index in [1.54, 1.807) is 0 Å². The Morgan fingerprint density at radius 3 is 1.25 bits per heavy atom. The van der Waals surface area contributed by atoms with Crippen LogP contribution < -0.4 is 21.2 Å². The molecule has 0 unspecified atom stereocenters. The summed E-state index contributed by atoms with van der Waals surface area (Å²) in [5.74, 6) is -1.04. The average Bonchev–Trinajstić information content (AvgIpc) is 2.95. The lowest BCUT2D eigenvalue weighted by Gasteiger charge is -2.22. The highest BCUT2D eigenvalue weighted by Gasteiger charge is 2.23. The van der Waals surface area contributed by atoms with Gasteiger partial charge in [0.15, 0.2) is 0 Å². The lowest BCUT2D eigenvalue weighted by molar-refractivity contribution is 0.558. The van der Waals surface area contributed by atoms with Crippen molar-refractivity contribution < 1.29 is 8.78 Å². The van der Waals surface area contributed by atoms with E-state index in [0.717, 1.165) is 10.6 Å². The molecule has 0 atom stereocenters. The second-order valence-corrected chi connectivity index (χ2v) is 12.8. The molecule has 0 heterocycles. The molecule has 0 aliphatic carbocycles. The van der Waals surface area contributed by atoms with Crippen molar-refractivity contribution in [2.24, 2.45) is 0 Å². The van der Waals surface area contributed by atoms with Gasteiger partial charge >= 0.3 is 0 Å². The predicted molar refractivity (Wildman–Crippen MR) is 151 cm³/mol. The van der Waals surface area contributed by atoms with Crippen molar-refractivity contribution in [3.63, 3.8) is 0 Å². The van der Waals surface area contributed by atoms with Crippen LogP contribution in [0.3, 0.4) is 0 Å². The highest BCUT2D eigenvalue weighted by atomic mass is 31.1. The van der Waals surface area contributed by atoms with Crippen molar-refractivity contribution in [3.8, 4) is 0 Å². The number of benzene rings is 5. The van der Waals surface area contributed by atoms with E-state index in [4.69, 9.17) is 0 Å². The molecule has 0 nitrogen and oxygen atoms in total. The van der Waals surface area contributed by atoms with E-state index in [0.29, 0.717) is 17.9 Å². The first kappa shape index (κ1) is 24.5. The summed E-state index contributed by atoms with van der Waals surface area (Å²) in [5.41, 5.74) is 0.642. The zero-order chi connectivity index (χ0) is 24.7. The smallest absolute Gasteiger partial charge is 0.137 e. The van der Waals surface area contributed by atoms with Gasteiger partial charge in [0.05, 0.1) is 0 Å². The molecular weight excluding hydrogens is 484 g/mol. The standard InChI is InChI=1S/C32H25F2P2/c33-31-22-21-25(23-35(26-13-5-1-6-14-26)27-15-7-2-8-16-27)32(34)30(31)24-36(28-17-9-3-10-18-28)29-19-11-4-12-20-29/h1-21H,23-24H2. The average molecular weight is 509 g/mol. The van der Waals surface area contributed by atoms with Gasteiger partial charge in [-0.1, -0.05) is 121 Å². The van der Waals surface area contributed by atoms with Crippen molar-refractivity contribution in [1.82, 2.24) is 0 Å². The van der Waals surface area contributed by atoms with Gasteiger partial charge in [0.25, 0.3) is 0 Å². The van der Waals surface area contributed by atoms with Crippen LogP contribution in [0.15, 0.2) is 127 Å². The third kappa shape index (κ3) is 5.62. The Kier molecular flexibility index (Phi) is 7.97. The molecule has 0 fully saturated rings. The first-order chi connectivity index (χ1) is 17.7. The van der Waals surface area contributed by atoms with Crippen LogP contribution in [-0.4, -0.2) is 0 Å². The molecule has 177 valence electrons. The van der Waals surface area contributed by atoms with Crippen LogP contribution in [0.2, 0.25) is 0 Å². The number of rotatable bonds is 8. The summed E-state index contributed by atoms with van der Waals surface area (Å²) in [4.78, 5) is 0. The first-order valence-electron chi connectivity index (χ1n) is 11.8. The quantitative estimate of drug-likeness (QED) is 0.197. The van der Waals surface area contributed by atoms with Gasteiger partial charge in [-0.05, 0) is 48.7 Å². The SMILES string of the molecule is Fc1[c]cc(CP(c2ccccc2)c2ccccc2)c(F)c1CP(c1ccccc1)c1ccccc1. The Hall–Kier alpha value is -3.18. The van der Waals surface area contributed by atoms with Crippen LogP contribution in [0.5, 0.6) is 0 Å². The number of halogens is 2. The maximum Gasteiger partial charge on any atom is 0.137 e. The molecule has 0 aromatic heterocycles. The fourth-order valence-electron chi connectivity index (χ4n) is 4.27. The third-order valence-electron chi connectivity index (χ3n) is 6.10. The summed E-state index contributed by atoms with van der Waals surface area (Å²) in [6.45, 7) is 0. The van der Waals surface area contributed by atoms with Crippen molar-refractivity contribution >= 4 is 37.1 Å². The second kappa shape index (κ2) is 11.7. The maximum atomic E-state index is 16.1. The molecule has 0 N–H and O–H groups in total. The molecule has 0 spiro atoms. The normalized spacial score (nSPS) is 11.2. The van der Waals surface area contributed by atoms with Crippen LogP contribution in [0, 0.1) is 17.7 Å². The fourth-order valence-corrected chi connectivity index (χ4v) is 8.89. The molecule has 5 rings (SSSR count). The largest absolute Gasteiger partial charge is 0.206 e. The van der Waals surface area contributed by atoms with Crippen LogP contribution >= 0.6 is 15.8 Å². The van der Waals surface area contributed by atoms with Crippen LogP contribution in [0.4, 0.5) is 8.78 Å². The molecule has 0 bridgehead atoms. The van der Waals surface area contributed by atoms with Crippen LogP contribution in [0.25, 0.3) is 0 Å². The van der Waals surface area contributed by atoms with Gasteiger partial charge in [-0.15, -0.1) is 0 Å². The highest BCUT2D eigenvalue weighted by Crippen LogP contribution is 2.42. The minimum atomic E-state index is -0.975. The molecule has 36 heavy (non-hydrogen) atoms. The second-order valence-electron chi connectivity index (χ2n) is 8.43. The summed E-state index contributed by atoms with van der Waals surface area (Å²) in [7, 11) is -1.83. The highest BCUT2D eigenvalue weighted by molar-refractivity contribution is 7.72. The Bertz CT molecular complexity index is 1310. The van der Waals surface area contributed by atoms with E-state index in [9.17, 15) is 0 Å². The molecule has 5 aromatic carbocycles. The lowest BCUT2D eigenvalue weighted by Crippen LogP contribution is -2.16. The van der Waals surface area contributed by atoms with Crippen molar-refractivity contribution in [1.29, 1.82) is 0 Å². The van der Waals surface area contributed by atoms with Gasteiger partial charge in [-0.25, -0.2) is 8.78 Å². The van der Waals surface area contributed by atoms with Gasteiger partial charge in [0.2, 0.25) is 0 Å². The molecule has 0 amide bonds. The third-order valence-corrected chi connectivity index (χ3v) is 11.1. The summed E-state index contributed by atoms with van der Waals surface area (Å²) >= 11 is 0. The number of hydrogen-bond donors (Lipinski definition) is 0.